The second kappa shape index (κ2) is 4.60. The van der Waals surface area contributed by atoms with Gasteiger partial charge in [-0.3, -0.25) is 9.48 Å². The Morgan fingerprint density at radius 1 is 1.60 bits per heavy atom. The molecular weight excluding hydrogens is 244 g/mol. The number of carbonyl (C=O) groups excluding carboxylic acids is 1. The summed E-state index contributed by atoms with van der Waals surface area (Å²) in [6.45, 7) is 0. The van der Waals surface area contributed by atoms with Crippen LogP contribution < -0.4 is 11.5 Å². The standard InChI is InChI=1S/C6H10N4O3S.ClH/c1-10-3-4(2-9-10)14(12,13)6(8)5(7)11;/h2-3,6H,8H2,1H3,(H2,7,11);1H. The zero-order valence-electron chi connectivity index (χ0n) is 7.82. The largest absolute Gasteiger partial charge is 0.367 e. The quantitative estimate of drug-likeness (QED) is 0.672. The first-order valence-corrected chi connectivity index (χ1v) is 5.18. The predicted octanol–water partition coefficient (Wildman–Crippen LogP) is -1.61. The van der Waals surface area contributed by atoms with Crippen LogP contribution in [0.4, 0.5) is 0 Å². The third-order valence-corrected chi connectivity index (χ3v) is 3.39. The maximum Gasteiger partial charge on any atom is 0.250 e. The van der Waals surface area contributed by atoms with Gasteiger partial charge in [-0.25, -0.2) is 8.42 Å². The van der Waals surface area contributed by atoms with Crippen molar-refractivity contribution in [1.82, 2.24) is 9.78 Å². The van der Waals surface area contributed by atoms with Crippen molar-refractivity contribution >= 4 is 28.2 Å². The van der Waals surface area contributed by atoms with Crippen molar-refractivity contribution in [3.63, 3.8) is 0 Å². The molecule has 0 aromatic carbocycles. The van der Waals surface area contributed by atoms with Gasteiger partial charge in [0, 0.05) is 13.2 Å². The van der Waals surface area contributed by atoms with Crippen LogP contribution in [0.5, 0.6) is 0 Å². The number of nitrogens with two attached hydrogens (primary N) is 2. The minimum absolute atomic E-state index is 0. The molecule has 0 fully saturated rings. The summed E-state index contributed by atoms with van der Waals surface area (Å²) in [5.74, 6) is -1.09. The fourth-order valence-electron chi connectivity index (χ4n) is 0.845. The molecule has 0 aliphatic rings. The molecule has 0 bridgehead atoms. The Morgan fingerprint density at radius 2 is 2.13 bits per heavy atom. The van der Waals surface area contributed by atoms with Gasteiger partial charge in [-0.2, -0.15) is 5.10 Å². The van der Waals surface area contributed by atoms with Crippen molar-refractivity contribution in [2.75, 3.05) is 0 Å². The summed E-state index contributed by atoms with van der Waals surface area (Å²) >= 11 is 0. The molecule has 7 nitrogen and oxygen atoms in total. The van der Waals surface area contributed by atoms with E-state index in [2.05, 4.69) is 5.10 Å². The van der Waals surface area contributed by atoms with Crippen molar-refractivity contribution in [2.24, 2.45) is 18.5 Å². The molecule has 0 saturated heterocycles. The molecule has 0 saturated carbocycles. The van der Waals surface area contributed by atoms with Crippen LogP contribution in [-0.2, 0) is 21.7 Å². The van der Waals surface area contributed by atoms with E-state index in [4.69, 9.17) is 11.5 Å². The molecule has 1 atom stereocenters. The van der Waals surface area contributed by atoms with E-state index in [9.17, 15) is 13.2 Å². The molecule has 4 N–H and O–H groups in total. The van der Waals surface area contributed by atoms with E-state index >= 15 is 0 Å². The van der Waals surface area contributed by atoms with Crippen LogP contribution in [0.2, 0.25) is 0 Å². The number of rotatable bonds is 3. The smallest absolute Gasteiger partial charge is 0.250 e. The second-order valence-corrected chi connectivity index (χ2v) is 4.79. The van der Waals surface area contributed by atoms with Crippen LogP contribution in [0.25, 0.3) is 0 Å². The number of hydrogen-bond acceptors (Lipinski definition) is 5. The number of amides is 1. The minimum atomic E-state index is -3.90. The van der Waals surface area contributed by atoms with Gasteiger partial charge in [0.15, 0.2) is 5.37 Å². The zero-order valence-corrected chi connectivity index (χ0v) is 9.46. The second-order valence-electron chi connectivity index (χ2n) is 2.72. The van der Waals surface area contributed by atoms with Gasteiger partial charge in [0.2, 0.25) is 15.7 Å². The molecule has 1 amide bonds. The van der Waals surface area contributed by atoms with Crippen LogP contribution in [0, 0.1) is 0 Å². The number of aryl methyl sites for hydroxylation is 1. The van der Waals surface area contributed by atoms with Gasteiger partial charge in [-0.1, -0.05) is 0 Å². The molecule has 1 unspecified atom stereocenters. The summed E-state index contributed by atoms with van der Waals surface area (Å²) in [5.41, 5.74) is 9.93. The Morgan fingerprint density at radius 3 is 2.47 bits per heavy atom. The summed E-state index contributed by atoms with van der Waals surface area (Å²) in [6, 6.07) is 0. The van der Waals surface area contributed by atoms with Crippen molar-refractivity contribution in [2.45, 2.75) is 10.3 Å². The third-order valence-electron chi connectivity index (χ3n) is 1.62. The van der Waals surface area contributed by atoms with E-state index in [0.717, 1.165) is 6.20 Å². The minimum Gasteiger partial charge on any atom is -0.367 e. The lowest BCUT2D eigenvalue weighted by atomic mass is 10.6. The van der Waals surface area contributed by atoms with Crippen LogP contribution in [0.1, 0.15) is 0 Å². The van der Waals surface area contributed by atoms with E-state index in [1.165, 1.54) is 10.9 Å². The number of nitrogens with zero attached hydrogens (tertiary/aromatic N) is 2. The van der Waals surface area contributed by atoms with Crippen molar-refractivity contribution in [3.8, 4) is 0 Å². The molecule has 15 heavy (non-hydrogen) atoms. The van der Waals surface area contributed by atoms with Crippen LogP contribution in [-0.4, -0.2) is 29.5 Å². The van der Waals surface area contributed by atoms with Gasteiger partial charge >= 0.3 is 0 Å². The lowest BCUT2D eigenvalue weighted by Crippen LogP contribution is -2.42. The highest BCUT2D eigenvalue weighted by Gasteiger charge is 2.29. The highest BCUT2D eigenvalue weighted by Crippen LogP contribution is 2.11. The lowest BCUT2D eigenvalue weighted by Gasteiger charge is -2.06. The van der Waals surface area contributed by atoms with E-state index in [0.29, 0.717) is 0 Å². The molecule has 86 valence electrons. The number of sulfone groups is 1. The van der Waals surface area contributed by atoms with Crippen LogP contribution in [0.3, 0.4) is 0 Å². The van der Waals surface area contributed by atoms with E-state index < -0.39 is 21.1 Å². The molecular formula is C6H11ClN4O3S. The van der Waals surface area contributed by atoms with Gasteiger partial charge in [0.1, 0.15) is 4.90 Å². The fraction of sp³-hybridized carbons (Fsp3) is 0.333. The van der Waals surface area contributed by atoms with Gasteiger partial charge in [0.25, 0.3) is 0 Å². The number of primary amides is 1. The average molecular weight is 255 g/mol. The van der Waals surface area contributed by atoms with E-state index in [1.54, 1.807) is 7.05 Å². The van der Waals surface area contributed by atoms with Crippen LogP contribution in [0.15, 0.2) is 17.3 Å². The van der Waals surface area contributed by atoms with E-state index in [-0.39, 0.29) is 17.3 Å². The Balaban J connectivity index is 0.00000196. The first kappa shape index (κ1) is 13.9. The molecule has 1 aromatic rings. The lowest BCUT2D eigenvalue weighted by molar-refractivity contribution is -0.117. The van der Waals surface area contributed by atoms with Gasteiger partial charge in [-0.05, 0) is 0 Å². The molecule has 1 aromatic heterocycles. The molecule has 0 spiro atoms. The summed E-state index contributed by atoms with van der Waals surface area (Å²) < 4.78 is 24.3. The molecule has 1 heterocycles. The maximum absolute atomic E-state index is 11.5. The summed E-state index contributed by atoms with van der Waals surface area (Å²) in [4.78, 5) is 10.5. The Labute approximate surface area is 92.8 Å². The number of aromatic nitrogens is 2. The number of halogens is 1. The van der Waals surface area contributed by atoms with Crippen molar-refractivity contribution in [1.29, 1.82) is 0 Å². The first-order chi connectivity index (χ1) is 6.35. The molecule has 1 rings (SSSR count). The average Bonchev–Trinajstić information content (AvgIpc) is 2.50. The van der Waals surface area contributed by atoms with Gasteiger partial charge < -0.3 is 11.5 Å². The normalized spacial score (nSPS) is 12.9. The molecule has 0 radical (unpaired) electrons. The van der Waals surface area contributed by atoms with E-state index in [1.807, 2.05) is 0 Å². The number of hydrogen-bond donors (Lipinski definition) is 2. The highest BCUT2D eigenvalue weighted by atomic mass is 35.5. The highest BCUT2D eigenvalue weighted by molar-refractivity contribution is 7.92. The zero-order chi connectivity index (χ0) is 10.9. The Hall–Kier alpha value is -1.12. The molecule has 0 aliphatic carbocycles. The first-order valence-electron chi connectivity index (χ1n) is 3.63. The van der Waals surface area contributed by atoms with Gasteiger partial charge in [-0.15, -0.1) is 12.4 Å². The Bertz CT molecular complexity index is 455. The Kier molecular flexibility index (Phi) is 4.26. The number of carbonyl (C=O) groups is 1. The third kappa shape index (κ3) is 2.67. The topological polar surface area (TPSA) is 121 Å². The van der Waals surface area contributed by atoms with Gasteiger partial charge in [0.05, 0.1) is 6.20 Å². The SMILES string of the molecule is Cl.Cn1cc(S(=O)(=O)C(N)C(N)=O)cn1. The van der Waals surface area contributed by atoms with Crippen molar-refractivity contribution < 1.29 is 13.2 Å². The maximum atomic E-state index is 11.5. The molecule has 9 heteroatoms. The predicted molar refractivity (Wildman–Crippen MR) is 54.8 cm³/mol. The molecule has 0 aliphatic heterocycles. The van der Waals surface area contributed by atoms with Crippen molar-refractivity contribution in [3.05, 3.63) is 12.4 Å². The summed E-state index contributed by atoms with van der Waals surface area (Å²) in [7, 11) is -2.35. The fourth-order valence-corrected chi connectivity index (χ4v) is 1.94. The van der Waals surface area contributed by atoms with Crippen LogP contribution >= 0.6 is 12.4 Å². The summed E-state index contributed by atoms with van der Waals surface area (Å²) in [6.07, 6.45) is 2.36. The monoisotopic (exact) mass is 254 g/mol. The summed E-state index contributed by atoms with van der Waals surface area (Å²) in [5, 5.41) is 1.92.